The van der Waals surface area contributed by atoms with Gasteiger partial charge in [-0.05, 0) is 104 Å². The van der Waals surface area contributed by atoms with E-state index in [1.807, 2.05) is 48.8 Å². The van der Waals surface area contributed by atoms with Crippen molar-refractivity contribution in [3.05, 3.63) is 75.7 Å². The van der Waals surface area contributed by atoms with Gasteiger partial charge in [-0.25, -0.2) is 9.97 Å². The van der Waals surface area contributed by atoms with Crippen molar-refractivity contribution in [2.45, 2.75) is 103 Å². The fourth-order valence-electron chi connectivity index (χ4n) is 7.84. The summed E-state index contributed by atoms with van der Waals surface area (Å²) in [6.07, 6.45) is 18.4. The van der Waals surface area contributed by atoms with Crippen molar-refractivity contribution in [3.8, 4) is 11.4 Å². The van der Waals surface area contributed by atoms with Gasteiger partial charge in [0.1, 0.15) is 6.04 Å². The Labute approximate surface area is 297 Å². The number of nitrogens with zero attached hydrogens (tertiary/aromatic N) is 2. The number of hydrogen-bond donors (Lipinski definition) is 3. The Morgan fingerprint density at radius 3 is 2.29 bits per heavy atom. The Balaban J connectivity index is 1.08. The summed E-state index contributed by atoms with van der Waals surface area (Å²) in [5.41, 5.74) is 4.38. The van der Waals surface area contributed by atoms with Crippen molar-refractivity contribution in [2.75, 3.05) is 19.6 Å². The molecule has 3 N–H and O–H groups in total. The van der Waals surface area contributed by atoms with Crippen molar-refractivity contribution < 1.29 is 9.59 Å². The third-order valence-corrected chi connectivity index (χ3v) is 12.7. The highest BCUT2D eigenvalue weighted by Crippen LogP contribution is 2.41. The minimum absolute atomic E-state index is 0.0369. The van der Waals surface area contributed by atoms with Crippen molar-refractivity contribution in [1.29, 1.82) is 0 Å². The van der Waals surface area contributed by atoms with Crippen LogP contribution in [0.15, 0.2) is 54.9 Å². The van der Waals surface area contributed by atoms with Gasteiger partial charge in [-0.1, -0.05) is 77.3 Å². The first kappa shape index (κ1) is 35.5. The molecule has 1 aliphatic heterocycles. The quantitative estimate of drug-likeness (QED) is 0.191. The van der Waals surface area contributed by atoms with Crippen LogP contribution >= 0.6 is 11.3 Å². The van der Waals surface area contributed by atoms with Crippen molar-refractivity contribution in [3.63, 3.8) is 0 Å². The highest BCUT2D eigenvalue weighted by Gasteiger charge is 2.29. The maximum Gasteiger partial charge on any atom is 0.262 e. The SMILES string of the molecule is CCC1CCC(C2CC=C(c3cnc(-c4ccc(C[C@H](NC(=O)c5ccc(C(C)(C)C)s5)C(=O)NCC5CCNC5)cc4)nc3)CC2)CC1. The Bertz CT molecular complexity index is 1570. The van der Waals surface area contributed by atoms with Gasteiger partial charge in [0.25, 0.3) is 5.91 Å². The molecule has 262 valence electrons. The van der Waals surface area contributed by atoms with Gasteiger partial charge in [-0.3, -0.25) is 9.59 Å². The third-order valence-electron chi connectivity index (χ3n) is 11.2. The van der Waals surface area contributed by atoms with Gasteiger partial charge in [-0.15, -0.1) is 11.3 Å². The van der Waals surface area contributed by atoms with Gasteiger partial charge in [0, 0.05) is 41.4 Å². The zero-order valence-corrected chi connectivity index (χ0v) is 30.7. The summed E-state index contributed by atoms with van der Waals surface area (Å²) in [7, 11) is 0. The van der Waals surface area contributed by atoms with Crippen molar-refractivity contribution >= 4 is 28.7 Å². The average Bonchev–Trinajstić information content (AvgIpc) is 3.85. The molecule has 7 nitrogen and oxygen atoms in total. The predicted molar refractivity (Wildman–Crippen MR) is 200 cm³/mol. The summed E-state index contributed by atoms with van der Waals surface area (Å²) in [5, 5.41) is 9.51. The minimum atomic E-state index is -0.682. The Morgan fingerprint density at radius 1 is 0.918 bits per heavy atom. The maximum absolute atomic E-state index is 13.4. The molecule has 3 aromatic rings. The van der Waals surface area contributed by atoms with Crippen LogP contribution in [0.25, 0.3) is 17.0 Å². The van der Waals surface area contributed by atoms with Gasteiger partial charge < -0.3 is 16.0 Å². The molecule has 0 bridgehead atoms. The molecule has 3 aliphatic rings. The number of rotatable bonds is 11. The van der Waals surface area contributed by atoms with Crippen LogP contribution in [0.3, 0.4) is 0 Å². The number of thiophene rings is 1. The van der Waals surface area contributed by atoms with E-state index in [4.69, 9.17) is 9.97 Å². The van der Waals surface area contributed by atoms with Crippen LogP contribution in [0, 0.1) is 23.7 Å². The van der Waals surface area contributed by atoms with Crippen LogP contribution < -0.4 is 16.0 Å². The predicted octanol–water partition coefficient (Wildman–Crippen LogP) is 7.97. The molecule has 1 aromatic carbocycles. The lowest BCUT2D eigenvalue weighted by Crippen LogP contribution is -2.49. The number of aromatic nitrogens is 2. The normalized spacial score (nSPS) is 23.5. The zero-order valence-electron chi connectivity index (χ0n) is 29.9. The Kier molecular flexibility index (Phi) is 11.7. The molecule has 2 fully saturated rings. The Morgan fingerprint density at radius 2 is 1.67 bits per heavy atom. The van der Waals surface area contributed by atoms with E-state index in [9.17, 15) is 9.59 Å². The van der Waals surface area contributed by atoms with Crippen molar-refractivity contribution in [2.24, 2.45) is 23.7 Å². The maximum atomic E-state index is 13.4. The molecule has 0 radical (unpaired) electrons. The number of nitrogens with one attached hydrogen (secondary N) is 3. The fraction of sp³-hybridized carbons (Fsp3) is 0.561. The number of allylic oxidation sites excluding steroid dienone is 2. The van der Waals surface area contributed by atoms with Crippen LogP contribution in [0.2, 0.25) is 0 Å². The molecule has 1 saturated carbocycles. The van der Waals surface area contributed by atoms with Crippen LogP contribution in [-0.4, -0.2) is 47.5 Å². The number of carbonyl (C=O) groups excluding carboxylic acids is 2. The van der Waals surface area contributed by atoms with Crippen LogP contribution in [0.5, 0.6) is 0 Å². The van der Waals surface area contributed by atoms with Crippen molar-refractivity contribution in [1.82, 2.24) is 25.9 Å². The van der Waals surface area contributed by atoms with Gasteiger partial charge in [-0.2, -0.15) is 0 Å². The molecule has 2 aromatic heterocycles. The number of amides is 2. The number of benzene rings is 1. The van der Waals surface area contributed by atoms with E-state index < -0.39 is 6.04 Å². The number of hydrogen-bond acceptors (Lipinski definition) is 6. The van der Waals surface area contributed by atoms with Crippen LogP contribution in [0.4, 0.5) is 0 Å². The summed E-state index contributed by atoms with van der Waals surface area (Å²) in [4.78, 5) is 38.0. The molecule has 2 aliphatic carbocycles. The molecule has 0 spiro atoms. The first-order chi connectivity index (χ1) is 23.7. The molecule has 2 amide bonds. The molecule has 49 heavy (non-hydrogen) atoms. The number of carbonyl (C=O) groups is 2. The Hall–Kier alpha value is -3.36. The summed E-state index contributed by atoms with van der Waals surface area (Å²) in [5.74, 6) is 3.44. The summed E-state index contributed by atoms with van der Waals surface area (Å²) in [6.45, 7) is 11.2. The minimum Gasteiger partial charge on any atom is -0.354 e. The smallest absolute Gasteiger partial charge is 0.262 e. The second kappa shape index (κ2) is 16.1. The molecule has 2 unspecified atom stereocenters. The lowest BCUT2D eigenvalue weighted by molar-refractivity contribution is -0.123. The van der Waals surface area contributed by atoms with E-state index >= 15 is 0 Å². The third kappa shape index (κ3) is 9.26. The van der Waals surface area contributed by atoms with E-state index in [0.717, 1.165) is 65.3 Å². The molecule has 3 atom stereocenters. The van der Waals surface area contributed by atoms with Crippen LogP contribution in [0.1, 0.15) is 111 Å². The highest BCUT2D eigenvalue weighted by atomic mass is 32.1. The highest BCUT2D eigenvalue weighted by molar-refractivity contribution is 7.14. The van der Waals surface area contributed by atoms with E-state index in [2.05, 4.69) is 49.7 Å². The van der Waals surface area contributed by atoms with E-state index in [-0.39, 0.29) is 17.2 Å². The standard InChI is InChI=1S/C41H55N5O2S/c1-5-27-6-10-30(11-7-27)31-14-16-32(17-15-31)34-25-43-38(44-26-34)33-12-8-28(9-13-33)22-35(39(47)45-24-29-20-21-42-23-29)46-40(48)36-18-19-37(49-36)41(2,3)4/h8-9,12-13,16,18-19,25-27,29-31,35,42H,5-7,10-11,14-15,17,20-24H2,1-4H3,(H,45,47)(H,46,48)/t27?,29?,30?,31?,35-/m0/s1. The van der Waals surface area contributed by atoms with Gasteiger partial charge in [0.15, 0.2) is 5.82 Å². The topological polar surface area (TPSA) is 96.0 Å². The molecule has 3 heterocycles. The second-order valence-electron chi connectivity index (χ2n) is 15.7. The molecule has 8 heteroatoms. The monoisotopic (exact) mass is 681 g/mol. The first-order valence-electron chi connectivity index (χ1n) is 18.7. The summed E-state index contributed by atoms with van der Waals surface area (Å²) < 4.78 is 0. The second-order valence-corrected chi connectivity index (χ2v) is 16.8. The van der Waals surface area contributed by atoms with E-state index in [1.165, 1.54) is 61.9 Å². The summed E-state index contributed by atoms with van der Waals surface area (Å²) in [6, 6.07) is 11.2. The van der Waals surface area contributed by atoms with Gasteiger partial charge >= 0.3 is 0 Å². The lowest BCUT2D eigenvalue weighted by atomic mass is 9.71. The van der Waals surface area contributed by atoms with E-state index in [1.54, 1.807) is 0 Å². The van der Waals surface area contributed by atoms with Gasteiger partial charge in [0.05, 0.1) is 4.88 Å². The van der Waals surface area contributed by atoms with E-state index in [0.29, 0.717) is 29.6 Å². The zero-order chi connectivity index (χ0) is 34.4. The van der Waals surface area contributed by atoms with Crippen LogP contribution in [-0.2, 0) is 16.6 Å². The lowest BCUT2D eigenvalue weighted by Gasteiger charge is -2.35. The average molecular weight is 682 g/mol. The molecular formula is C41H55N5O2S. The summed E-state index contributed by atoms with van der Waals surface area (Å²) >= 11 is 1.49. The largest absolute Gasteiger partial charge is 0.354 e. The first-order valence-corrected chi connectivity index (χ1v) is 19.5. The molecule has 1 saturated heterocycles. The molecular weight excluding hydrogens is 627 g/mol. The fourth-order valence-corrected chi connectivity index (χ4v) is 8.81. The van der Waals surface area contributed by atoms with Gasteiger partial charge in [0.2, 0.25) is 5.91 Å². The molecule has 6 rings (SSSR count).